The van der Waals surface area contributed by atoms with E-state index in [2.05, 4.69) is 5.32 Å². The van der Waals surface area contributed by atoms with Crippen molar-refractivity contribution in [3.8, 4) is 5.75 Å². The molecule has 1 unspecified atom stereocenters. The molecule has 0 aliphatic carbocycles. The Hall–Kier alpha value is -3.68. The van der Waals surface area contributed by atoms with Gasteiger partial charge in [-0.05, 0) is 69.6 Å². The van der Waals surface area contributed by atoms with Crippen molar-refractivity contribution in [1.82, 2.24) is 10.2 Å². The molecule has 0 amide bonds. The van der Waals surface area contributed by atoms with Gasteiger partial charge in [-0.2, -0.15) is 0 Å². The SMILES string of the molecule is CN(C)CCNC(C(=O)OC(C)(C)C)/C(=C/c1ccc(C(=O)O)cc1)COc1cccc2ccccc12. The minimum atomic E-state index is -0.993. The highest BCUT2D eigenvalue weighted by atomic mass is 16.6. The lowest BCUT2D eigenvalue weighted by molar-refractivity contribution is -0.156. The van der Waals surface area contributed by atoms with Crippen molar-refractivity contribution in [3.63, 3.8) is 0 Å². The summed E-state index contributed by atoms with van der Waals surface area (Å²) in [5, 5.41) is 14.6. The van der Waals surface area contributed by atoms with Gasteiger partial charge < -0.3 is 19.5 Å². The van der Waals surface area contributed by atoms with E-state index in [0.29, 0.717) is 17.9 Å². The first-order chi connectivity index (χ1) is 17.5. The molecule has 2 N–H and O–H groups in total. The van der Waals surface area contributed by atoms with E-state index in [1.54, 1.807) is 24.3 Å². The fourth-order valence-electron chi connectivity index (χ4n) is 3.79. The minimum Gasteiger partial charge on any atom is -0.489 e. The average Bonchev–Trinajstić information content (AvgIpc) is 2.83. The number of nitrogens with zero attached hydrogens (tertiary/aromatic N) is 1. The number of carboxylic acids is 1. The molecule has 0 aliphatic rings. The molecule has 3 aromatic rings. The smallest absolute Gasteiger partial charge is 0.335 e. The second kappa shape index (κ2) is 12.5. The zero-order valence-corrected chi connectivity index (χ0v) is 22.2. The average molecular weight is 505 g/mol. The van der Waals surface area contributed by atoms with E-state index in [-0.39, 0.29) is 12.2 Å². The van der Waals surface area contributed by atoms with Crippen LogP contribution < -0.4 is 10.1 Å². The van der Waals surface area contributed by atoms with Gasteiger partial charge >= 0.3 is 11.9 Å². The van der Waals surface area contributed by atoms with Gasteiger partial charge in [0.1, 0.15) is 24.0 Å². The van der Waals surface area contributed by atoms with Crippen LogP contribution in [0.2, 0.25) is 0 Å². The Bertz CT molecular complexity index is 1240. The molecular formula is C30H36N2O5. The molecule has 37 heavy (non-hydrogen) atoms. The zero-order chi connectivity index (χ0) is 27.0. The topological polar surface area (TPSA) is 88.1 Å². The molecule has 1 atom stereocenters. The van der Waals surface area contributed by atoms with Crippen molar-refractivity contribution in [2.75, 3.05) is 33.8 Å². The van der Waals surface area contributed by atoms with Crippen molar-refractivity contribution < 1.29 is 24.2 Å². The lowest BCUT2D eigenvalue weighted by atomic mass is 10.0. The number of aromatic carboxylic acids is 1. The van der Waals surface area contributed by atoms with E-state index < -0.39 is 23.6 Å². The molecule has 0 aliphatic heterocycles. The molecule has 7 heteroatoms. The molecule has 3 aromatic carbocycles. The Labute approximate surface area is 218 Å². The van der Waals surface area contributed by atoms with Crippen LogP contribution in [0, 0.1) is 0 Å². The van der Waals surface area contributed by atoms with Crippen molar-refractivity contribution >= 4 is 28.8 Å². The van der Waals surface area contributed by atoms with Crippen molar-refractivity contribution in [3.05, 3.63) is 83.4 Å². The van der Waals surface area contributed by atoms with Crippen molar-refractivity contribution in [2.24, 2.45) is 0 Å². The fraction of sp³-hybridized carbons (Fsp3) is 0.333. The van der Waals surface area contributed by atoms with E-state index >= 15 is 0 Å². The Kier molecular flexibility index (Phi) is 9.44. The number of benzene rings is 3. The summed E-state index contributed by atoms with van der Waals surface area (Å²) >= 11 is 0. The fourth-order valence-corrected chi connectivity index (χ4v) is 3.79. The maximum Gasteiger partial charge on any atom is 0.335 e. The zero-order valence-electron chi connectivity index (χ0n) is 22.2. The van der Waals surface area contributed by atoms with Gasteiger partial charge in [-0.3, -0.25) is 5.32 Å². The van der Waals surface area contributed by atoms with Gasteiger partial charge in [0.05, 0.1) is 5.56 Å². The highest BCUT2D eigenvalue weighted by molar-refractivity contribution is 5.89. The van der Waals surface area contributed by atoms with E-state index in [1.165, 1.54) is 0 Å². The molecule has 3 rings (SSSR count). The van der Waals surface area contributed by atoms with Crippen LogP contribution in [0.25, 0.3) is 16.8 Å². The second-order valence-corrected chi connectivity index (χ2v) is 10.1. The van der Waals surface area contributed by atoms with Crippen LogP contribution in [0.5, 0.6) is 5.75 Å². The molecule has 0 spiro atoms. The summed E-state index contributed by atoms with van der Waals surface area (Å²) in [6.07, 6.45) is 1.86. The first-order valence-corrected chi connectivity index (χ1v) is 12.3. The van der Waals surface area contributed by atoms with Gasteiger partial charge in [-0.15, -0.1) is 0 Å². The predicted molar refractivity (Wildman–Crippen MR) is 147 cm³/mol. The number of esters is 1. The number of hydrogen-bond donors (Lipinski definition) is 2. The quantitative estimate of drug-likeness (QED) is 0.361. The highest BCUT2D eigenvalue weighted by Crippen LogP contribution is 2.26. The van der Waals surface area contributed by atoms with Crippen LogP contribution in [-0.2, 0) is 9.53 Å². The Morgan fingerprint density at radius 1 is 1.00 bits per heavy atom. The van der Waals surface area contributed by atoms with Crippen LogP contribution >= 0.6 is 0 Å². The summed E-state index contributed by atoms with van der Waals surface area (Å²) in [5.41, 5.74) is 0.954. The molecule has 0 aromatic heterocycles. The van der Waals surface area contributed by atoms with Crippen LogP contribution in [0.4, 0.5) is 0 Å². The van der Waals surface area contributed by atoms with Gasteiger partial charge in [0.2, 0.25) is 0 Å². The summed E-state index contributed by atoms with van der Waals surface area (Å²) < 4.78 is 12.0. The van der Waals surface area contributed by atoms with Crippen molar-refractivity contribution in [1.29, 1.82) is 0 Å². The summed E-state index contributed by atoms with van der Waals surface area (Å²) in [6.45, 7) is 6.92. The molecule has 196 valence electrons. The molecule has 0 radical (unpaired) electrons. The third-order valence-corrected chi connectivity index (χ3v) is 5.57. The van der Waals surface area contributed by atoms with Gasteiger partial charge in [0, 0.05) is 18.5 Å². The number of carbonyl (C=O) groups excluding carboxylic acids is 1. The van der Waals surface area contributed by atoms with Crippen LogP contribution in [-0.4, -0.2) is 67.4 Å². The Morgan fingerprint density at radius 3 is 2.32 bits per heavy atom. The third kappa shape index (κ3) is 8.44. The summed E-state index contributed by atoms with van der Waals surface area (Å²) in [7, 11) is 3.93. The summed E-state index contributed by atoms with van der Waals surface area (Å²) in [6, 6.07) is 19.6. The van der Waals surface area contributed by atoms with E-state index in [9.17, 15) is 14.7 Å². The molecule has 0 fully saturated rings. The van der Waals surface area contributed by atoms with Crippen LogP contribution in [0.3, 0.4) is 0 Å². The predicted octanol–water partition coefficient (Wildman–Crippen LogP) is 4.86. The molecular weight excluding hydrogens is 468 g/mol. The van der Waals surface area contributed by atoms with Gasteiger partial charge in [0.25, 0.3) is 0 Å². The second-order valence-electron chi connectivity index (χ2n) is 10.1. The third-order valence-electron chi connectivity index (χ3n) is 5.57. The normalized spacial score (nSPS) is 13.0. The first-order valence-electron chi connectivity index (χ1n) is 12.3. The number of hydrogen-bond acceptors (Lipinski definition) is 6. The number of carbonyl (C=O) groups is 2. The monoisotopic (exact) mass is 504 g/mol. The standard InChI is InChI=1S/C30H36N2O5/c1-30(2,3)37-29(35)27(31-17-18-32(4)5)24(19-21-13-15-23(16-14-21)28(33)34)20-36-26-12-8-10-22-9-6-7-11-25(22)26/h6-16,19,27,31H,17-18,20H2,1-5H3,(H,33,34)/b24-19+. The molecule has 7 nitrogen and oxygen atoms in total. The molecule has 0 saturated heterocycles. The van der Waals surface area contributed by atoms with Gasteiger partial charge in [-0.25, -0.2) is 9.59 Å². The first kappa shape index (κ1) is 27.9. The summed E-state index contributed by atoms with van der Waals surface area (Å²) in [5.74, 6) is -0.685. The maximum absolute atomic E-state index is 13.4. The summed E-state index contributed by atoms with van der Waals surface area (Å²) in [4.78, 5) is 26.7. The Balaban J connectivity index is 1.98. The van der Waals surface area contributed by atoms with E-state index in [0.717, 1.165) is 22.9 Å². The van der Waals surface area contributed by atoms with E-state index in [1.807, 2.05) is 88.3 Å². The highest BCUT2D eigenvalue weighted by Gasteiger charge is 2.28. The van der Waals surface area contributed by atoms with Gasteiger partial charge in [0.15, 0.2) is 0 Å². The van der Waals surface area contributed by atoms with Gasteiger partial charge in [-0.1, -0.05) is 54.6 Å². The number of carboxylic acid groups (broad SMARTS) is 1. The minimum absolute atomic E-state index is 0.133. The lowest BCUT2D eigenvalue weighted by Crippen LogP contribution is -2.45. The number of rotatable bonds is 11. The molecule has 0 saturated carbocycles. The Morgan fingerprint density at radius 2 is 1.68 bits per heavy atom. The number of nitrogens with one attached hydrogen (secondary N) is 1. The lowest BCUT2D eigenvalue weighted by Gasteiger charge is -2.27. The molecule has 0 heterocycles. The number of fused-ring (bicyclic) bond motifs is 1. The van der Waals surface area contributed by atoms with E-state index in [4.69, 9.17) is 9.47 Å². The van der Waals surface area contributed by atoms with Crippen LogP contribution in [0.1, 0.15) is 36.7 Å². The number of ether oxygens (including phenoxy) is 2. The largest absolute Gasteiger partial charge is 0.489 e. The molecule has 0 bridgehead atoms. The maximum atomic E-state index is 13.4. The van der Waals surface area contributed by atoms with Crippen LogP contribution in [0.15, 0.2) is 72.3 Å². The van der Waals surface area contributed by atoms with Crippen molar-refractivity contribution in [2.45, 2.75) is 32.4 Å². The number of likely N-dealkylation sites (N-methyl/N-ethyl adjacent to an activating group) is 1.